The average molecular weight is 176 g/mol. The molecule has 1 rings (SSSR count). The van der Waals surface area contributed by atoms with Crippen LogP contribution in [0.5, 0.6) is 0 Å². The monoisotopic (exact) mass is 176 g/mol. The Morgan fingerprint density at radius 3 is 2.58 bits per heavy atom. The Labute approximate surface area is 68.8 Å². The number of primary amides is 1. The summed E-state index contributed by atoms with van der Waals surface area (Å²) >= 11 is 0. The maximum atomic E-state index is 12.2. The lowest BCUT2D eigenvalue weighted by molar-refractivity contribution is -0.125. The van der Waals surface area contributed by atoms with E-state index in [1.54, 1.807) is 0 Å². The summed E-state index contributed by atoms with van der Waals surface area (Å²) < 4.78 is 24.4. The van der Waals surface area contributed by atoms with Crippen LogP contribution in [0.4, 0.5) is 8.78 Å². The summed E-state index contributed by atoms with van der Waals surface area (Å²) in [6.07, 6.45) is 2.66. The first-order valence-electron chi connectivity index (χ1n) is 3.56. The third-order valence-electron chi connectivity index (χ3n) is 1.56. The van der Waals surface area contributed by atoms with Crippen LogP contribution in [0.3, 0.4) is 0 Å². The molecule has 1 fully saturated rings. The fourth-order valence-electron chi connectivity index (χ4n) is 1.06. The van der Waals surface area contributed by atoms with Crippen molar-refractivity contribution >= 4 is 5.91 Å². The summed E-state index contributed by atoms with van der Waals surface area (Å²) in [4.78, 5) is 11.7. The molecule has 5 heteroatoms. The number of amides is 1. The molecule has 0 saturated carbocycles. The van der Waals surface area contributed by atoms with Crippen LogP contribution in [-0.4, -0.2) is 36.4 Å². The predicted octanol–water partition coefficient (Wildman–Crippen LogP) is -0.0212. The number of likely N-dealkylation sites (tertiary alicyclic amines) is 1. The van der Waals surface area contributed by atoms with Gasteiger partial charge in [0.15, 0.2) is 0 Å². The summed E-state index contributed by atoms with van der Waals surface area (Å²) in [6.45, 7) is -0.0925. The number of halogens is 2. The topological polar surface area (TPSA) is 46.3 Å². The lowest BCUT2D eigenvalue weighted by Crippen LogP contribution is -2.55. The van der Waals surface area contributed by atoms with Crippen LogP contribution in [-0.2, 0) is 4.79 Å². The van der Waals surface area contributed by atoms with E-state index < -0.39 is 11.8 Å². The van der Waals surface area contributed by atoms with Crippen molar-refractivity contribution in [1.29, 1.82) is 0 Å². The maximum absolute atomic E-state index is 12.2. The molecular formula is C7H10F2N2O. The van der Waals surface area contributed by atoms with E-state index in [-0.39, 0.29) is 13.1 Å². The lowest BCUT2D eigenvalue weighted by atomic mass is 10.1. The van der Waals surface area contributed by atoms with Gasteiger partial charge in [0.1, 0.15) is 0 Å². The molecule has 1 saturated heterocycles. The van der Waals surface area contributed by atoms with E-state index in [1.165, 1.54) is 17.1 Å². The second kappa shape index (κ2) is 3.18. The van der Waals surface area contributed by atoms with Gasteiger partial charge in [0.2, 0.25) is 5.91 Å². The number of hydrogen-bond donors (Lipinski definition) is 1. The average Bonchev–Trinajstić information content (AvgIpc) is 1.82. The van der Waals surface area contributed by atoms with Crippen molar-refractivity contribution in [2.24, 2.45) is 5.73 Å². The molecule has 12 heavy (non-hydrogen) atoms. The molecule has 1 amide bonds. The summed E-state index contributed by atoms with van der Waals surface area (Å²) in [6, 6.07) is 0. The zero-order valence-corrected chi connectivity index (χ0v) is 6.46. The smallest absolute Gasteiger partial charge is 0.272 e. The van der Waals surface area contributed by atoms with Crippen molar-refractivity contribution in [3.05, 3.63) is 12.2 Å². The Bertz CT molecular complexity index is 207. The fourth-order valence-corrected chi connectivity index (χ4v) is 1.06. The van der Waals surface area contributed by atoms with Crippen LogP contribution in [0.15, 0.2) is 12.2 Å². The normalized spacial score (nSPS) is 22.5. The highest BCUT2D eigenvalue weighted by atomic mass is 19.3. The molecule has 0 aromatic carbocycles. The first kappa shape index (κ1) is 9.12. The molecule has 0 aromatic rings. The van der Waals surface area contributed by atoms with E-state index in [0.717, 1.165) is 0 Å². The van der Waals surface area contributed by atoms with Crippen molar-refractivity contribution in [1.82, 2.24) is 4.90 Å². The number of carbonyl (C=O) groups excluding carboxylic acids is 1. The summed E-state index contributed by atoms with van der Waals surface area (Å²) in [7, 11) is 0. The summed E-state index contributed by atoms with van der Waals surface area (Å²) in [5.41, 5.74) is 4.80. The highest BCUT2D eigenvalue weighted by Gasteiger charge is 2.42. The highest BCUT2D eigenvalue weighted by Crippen LogP contribution is 2.25. The van der Waals surface area contributed by atoms with Crippen LogP contribution in [0.1, 0.15) is 0 Å². The molecule has 1 aliphatic rings. The number of carbonyl (C=O) groups is 1. The quantitative estimate of drug-likeness (QED) is 0.614. The molecule has 0 aliphatic carbocycles. The molecule has 0 spiro atoms. The molecule has 0 bridgehead atoms. The van der Waals surface area contributed by atoms with E-state index in [0.29, 0.717) is 6.54 Å². The van der Waals surface area contributed by atoms with Crippen LogP contribution in [0, 0.1) is 0 Å². The van der Waals surface area contributed by atoms with Gasteiger partial charge < -0.3 is 5.73 Å². The highest BCUT2D eigenvalue weighted by molar-refractivity contribution is 5.85. The summed E-state index contributed by atoms with van der Waals surface area (Å²) in [5.74, 6) is -3.09. The third kappa shape index (κ3) is 2.58. The molecular weight excluding hydrogens is 166 g/mol. The molecule has 1 heterocycles. The van der Waals surface area contributed by atoms with Crippen molar-refractivity contribution in [3.63, 3.8) is 0 Å². The van der Waals surface area contributed by atoms with Gasteiger partial charge in [-0.1, -0.05) is 6.08 Å². The first-order chi connectivity index (χ1) is 5.49. The molecule has 68 valence electrons. The number of nitrogens with zero attached hydrogens (tertiary/aromatic N) is 1. The van der Waals surface area contributed by atoms with E-state index >= 15 is 0 Å². The van der Waals surface area contributed by atoms with Gasteiger partial charge >= 0.3 is 0 Å². The van der Waals surface area contributed by atoms with Gasteiger partial charge in [-0.3, -0.25) is 9.69 Å². The molecule has 0 radical (unpaired) electrons. The fraction of sp³-hybridized carbons (Fsp3) is 0.571. The van der Waals surface area contributed by atoms with E-state index in [1.807, 2.05) is 0 Å². The minimum absolute atomic E-state index is 0.226. The second-order valence-corrected chi connectivity index (χ2v) is 2.83. The van der Waals surface area contributed by atoms with Crippen LogP contribution in [0.2, 0.25) is 0 Å². The maximum Gasteiger partial charge on any atom is 0.272 e. The van der Waals surface area contributed by atoms with Gasteiger partial charge in [-0.15, -0.1) is 0 Å². The van der Waals surface area contributed by atoms with Gasteiger partial charge in [0.25, 0.3) is 5.92 Å². The Balaban J connectivity index is 2.16. The number of nitrogens with two attached hydrogens (primary N) is 1. The van der Waals surface area contributed by atoms with Crippen molar-refractivity contribution in [3.8, 4) is 0 Å². The Morgan fingerprint density at radius 1 is 1.58 bits per heavy atom. The summed E-state index contributed by atoms with van der Waals surface area (Å²) in [5, 5.41) is 0. The molecule has 0 aromatic heterocycles. The standard InChI is InChI=1S/C7H10F2N2O/c8-7(9)4-11(5-7)3-1-2-6(10)12/h1-2H,3-5H2,(H2,10,12)/b2-1+. The van der Waals surface area contributed by atoms with Crippen molar-refractivity contribution in [2.45, 2.75) is 5.92 Å². The molecule has 0 unspecified atom stereocenters. The third-order valence-corrected chi connectivity index (χ3v) is 1.56. The van der Waals surface area contributed by atoms with E-state index in [4.69, 9.17) is 5.73 Å². The largest absolute Gasteiger partial charge is 0.366 e. The first-order valence-corrected chi connectivity index (χ1v) is 3.56. The lowest BCUT2D eigenvalue weighted by Gasteiger charge is -2.37. The number of hydrogen-bond acceptors (Lipinski definition) is 2. The second-order valence-electron chi connectivity index (χ2n) is 2.83. The Hall–Kier alpha value is -0.970. The SMILES string of the molecule is NC(=O)/C=C/CN1CC(F)(F)C1. The van der Waals surface area contributed by atoms with Gasteiger partial charge in [0.05, 0.1) is 13.1 Å². The van der Waals surface area contributed by atoms with Crippen LogP contribution in [0.25, 0.3) is 0 Å². The van der Waals surface area contributed by atoms with Gasteiger partial charge in [0, 0.05) is 6.54 Å². The van der Waals surface area contributed by atoms with Crippen LogP contribution < -0.4 is 5.73 Å². The van der Waals surface area contributed by atoms with Gasteiger partial charge in [-0.05, 0) is 6.08 Å². The predicted molar refractivity (Wildman–Crippen MR) is 39.7 cm³/mol. The molecule has 3 nitrogen and oxygen atoms in total. The van der Waals surface area contributed by atoms with Crippen molar-refractivity contribution < 1.29 is 13.6 Å². The van der Waals surface area contributed by atoms with Crippen LogP contribution >= 0.6 is 0 Å². The molecule has 0 atom stereocenters. The number of alkyl halides is 2. The zero-order chi connectivity index (χ0) is 9.19. The Kier molecular flexibility index (Phi) is 2.42. The van der Waals surface area contributed by atoms with Crippen molar-refractivity contribution in [2.75, 3.05) is 19.6 Å². The minimum atomic E-state index is -2.54. The minimum Gasteiger partial charge on any atom is -0.366 e. The molecule has 2 N–H and O–H groups in total. The number of rotatable bonds is 3. The van der Waals surface area contributed by atoms with Gasteiger partial charge in [-0.2, -0.15) is 0 Å². The van der Waals surface area contributed by atoms with Gasteiger partial charge in [-0.25, -0.2) is 8.78 Å². The molecule has 1 aliphatic heterocycles. The van der Waals surface area contributed by atoms with E-state index in [9.17, 15) is 13.6 Å². The Morgan fingerprint density at radius 2 is 2.17 bits per heavy atom. The van der Waals surface area contributed by atoms with E-state index in [2.05, 4.69) is 0 Å². The zero-order valence-electron chi connectivity index (χ0n) is 6.46.